The molecule has 6 heteroatoms. The van der Waals surface area contributed by atoms with E-state index in [-0.39, 0.29) is 0 Å². The van der Waals surface area contributed by atoms with Gasteiger partial charge in [0.05, 0.1) is 18.8 Å². The molecule has 0 amide bonds. The summed E-state index contributed by atoms with van der Waals surface area (Å²) in [6.07, 6.45) is 9.18. The van der Waals surface area contributed by atoms with Gasteiger partial charge in [-0.2, -0.15) is 0 Å². The van der Waals surface area contributed by atoms with Crippen molar-refractivity contribution in [2.75, 3.05) is 13.1 Å². The maximum Gasteiger partial charge on any atom is 0.193 e. The number of hydrogen-bond acceptors (Lipinski definition) is 3. The molecule has 2 N–H and O–H groups in total. The molecular formula is C12H15N5S. The molecule has 18 heavy (non-hydrogen) atoms. The Morgan fingerprint density at radius 2 is 2.50 bits per heavy atom. The molecule has 0 aliphatic rings. The monoisotopic (exact) mass is 261 g/mol. The standard InChI is InChI=1S/C12H15N5S/c1-3-5-14-11(13-4-2)15-8-10-9-17-6-7-18-12(17)16-10/h1,6-7,9H,4-5,8H2,2H3,(H2,13,14,15). The molecule has 0 unspecified atom stereocenters. The van der Waals surface area contributed by atoms with E-state index in [1.807, 2.05) is 29.1 Å². The van der Waals surface area contributed by atoms with Crippen LogP contribution in [0.4, 0.5) is 0 Å². The summed E-state index contributed by atoms with van der Waals surface area (Å²) in [4.78, 5) is 9.88. The van der Waals surface area contributed by atoms with Crippen LogP contribution in [0.25, 0.3) is 4.96 Å². The van der Waals surface area contributed by atoms with Crippen molar-refractivity contribution in [1.29, 1.82) is 0 Å². The molecule has 2 rings (SSSR count). The molecule has 0 saturated heterocycles. The summed E-state index contributed by atoms with van der Waals surface area (Å²) in [6.45, 7) is 3.81. The lowest BCUT2D eigenvalue weighted by Gasteiger charge is -2.07. The molecule has 0 fully saturated rings. The Morgan fingerprint density at radius 3 is 3.22 bits per heavy atom. The van der Waals surface area contributed by atoms with E-state index in [1.165, 1.54) is 0 Å². The van der Waals surface area contributed by atoms with Crippen molar-refractivity contribution in [3.05, 3.63) is 23.5 Å². The topological polar surface area (TPSA) is 53.7 Å². The number of terminal acetylenes is 1. The molecular weight excluding hydrogens is 246 g/mol. The number of thiazole rings is 1. The normalized spacial score (nSPS) is 11.4. The van der Waals surface area contributed by atoms with E-state index in [9.17, 15) is 0 Å². The highest BCUT2D eigenvalue weighted by Crippen LogP contribution is 2.11. The average Bonchev–Trinajstić information content (AvgIpc) is 2.93. The number of nitrogens with zero attached hydrogens (tertiary/aromatic N) is 3. The van der Waals surface area contributed by atoms with Gasteiger partial charge >= 0.3 is 0 Å². The summed E-state index contributed by atoms with van der Waals surface area (Å²) >= 11 is 1.61. The van der Waals surface area contributed by atoms with Gasteiger partial charge in [0.25, 0.3) is 0 Å². The smallest absolute Gasteiger partial charge is 0.193 e. The van der Waals surface area contributed by atoms with Crippen LogP contribution in [0, 0.1) is 12.3 Å². The van der Waals surface area contributed by atoms with E-state index in [1.54, 1.807) is 11.3 Å². The zero-order valence-corrected chi connectivity index (χ0v) is 11.0. The van der Waals surface area contributed by atoms with Crippen molar-refractivity contribution in [2.24, 2.45) is 4.99 Å². The molecule has 0 aromatic carbocycles. The maximum atomic E-state index is 5.21. The van der Waals surface area contributed by atoms with Crippen LogP contribution < -0.4 is 10.6 Å². The molecule has 2 aromatic heterocycles. The summed E-state index contributed by atoms with van der Waals surface area (Å²) in [6, 6.07) is 0. The highest BCUT2D eigenvalue weighted by Gasteiger charge is 2.02. The number of guanidine groups is 1. The Morgan fingerprint density at radius 1 is 1.61 bits per heavy atom. The first-order valence-corrected chi connectivity index (χ1v) is 6.58. The second-order valence-electron chi connectivity index (χ2n) is 3.58. The molecule has 0 spiro atoms. The molecule has 0 radical (unpaired) electrons. The number of aromatic nitrogens is 2. The highest BCUT2D eigenvalue weighted by atomic mass is 32.1. The quantitative estimate of drug-likeness (QED) is 0.492. The SMILES string of the molecule is C#CCNC(=NCc1cn2ccsc2n1)NCC. The van der Waals surface area contributed by atoms with Gasteiger partial charge in [0.1, 0.15) is 0 Å². The van der Waals surface area contributed by atoms with Crippen LogP contribution in [0.5, 0.6) is 0 Å². The third-order valence-corrected chi connectivity index (χ3v) is 3.02. The Kier molecular flexibility index (Phi) is 4.20. The molecule has 0 aliphatic carbocycles. The van der Waals surface area contributed by atoms with Crippen molar-refractivity contribution in [3.8, 4) is 12.3 Å². The van der Waals surface area contributed by atoms with Crippen LogP contribution in [0.2, 0.25) is 0 Å². The van der Waals surface area contributed by atoms with Crippen LogP contribution in [-0.4, -0.2) is 28.4 Å². The first-order valence-electron chi connectivity index (χ1n) is 5.70. The van der Waals surface area contributed by atoms with Crippen molar-refractivity contribution < 1.29 is 0 Å². The summed E-state index contributed by atoms with van der Waals surface area (Å²) in [7, 11) is 0. The van der Waals surface area contributed by atoms with Gasteiger partial charge in [-0.25, -0.2) is 9.98 Å². The Bertz CT molecular complexity index is 546. The van der Waals surface area contributed by atoms with E-state index in [4.69, 9.17) is 6.42 Å². The van der Waals surface area contributed by atoms with Gasteiger partial charge in [-0.15, -0.1) is 17.8 Å². The van der Waals surface area contributed by atoms with E-state index >= 15 is 0 Å². The fourth-order valence-corrected chi connectivity index (χ4v) is 2.21. The van der Waals surface area contributed by atoms with Crippen molar-refractivity contribution in [2.45, 2.75) is 13.5 Å². The van der Waals surface area contributed by atoms with Crippen LogP contribution in [-0.2, 0) is 6.54 Å². The molecule has 2 heterocycles. The van der Waals surface area contributed by atoms with E-state index in [0.717, 1.165) is 17.2 Å². The minimum Gasteiger partial charge on any atom is -0.357 e. The van der Waals surface area contributed by atoms with Crippen molar-refractivity contribution >= 4 is 22.3 Å². The fourth-order valence-electron chi connectivity index (χ4n) is 1.49. The lowest BCUT2D eigenvalue weighted by molar-refractivity contribution is 0.860. The van der Waals surface area contributed by atoms with Gasteiger partial charge in [0, 0.05) is 24.3 Å². The maximum absolute atomic E-state index is 5.21. The number of fused-ring (bicyclic) bond motifs is 1. The second-order valence-corrected chi connectivity index (χ2v) is 4.45. The molecule has 0 aliphatic heterocycles. The van der Waals surface area contributed by atoms with E-state index < -0.39 is 0 Å². The van der Waals surface area contributed by atoms with Crippen LogP contribution >= 0.6 is 11.3 Å². The first-order chi connectivity index (χ1) is 8.83. The fraction of sp³-hybridized carbons (Fsp3) is 0.333. The molecule has 0 saturated carbocycles. The predicted molar refractivity (Wildman–Crippen MR) is 74.7 cm³/mol. The van der Waals surface area contributed by atoms with Gasteiger partial charge < -0.3 is 10.6 Å². The summed E-state index contributed by atoms with van der Waals surface area (Å²) < 4.78 is 2.00. The average molecular weight is 261 g/mol. The lowest BCUT2D eigenvalue weighted by Crippen LogP contribution is -2.37. The second kappa shape index (κ2) is 6.07. The zero-order valence-electron chi connectivity index (χ0n) is 10.2. The molecule has 2 aromatic rings. The molecule has 5 nitrogen and oxygen atoms in total. The lowest BCUT2D eigenvalue weighted by atomic mass is 10.5. The predicted octanol–water partition coefficient (Wildman–Crippen LogP) is 1.08. The number of aliphatic imine (C=N–C) groups is 1. The van der Waals surface area contributed by atoms with Gasteiger partial charge in [0.2, 0.25) is 0 Å². The third-order valence-electron chi connectivity index (χ3n) is 2.24. The van der Waals surface area contributed by atoms with Crippen LogP contribution in [0.3, 0.4) is 0 Å². The Hall–Kier alpha value is -2.00. The zero-order chi connectivity index (χ0) is 12.8. The third kappa shape index (κ3) is 3.02. The number of rotatable bonds is 4. The van der Waals surface area contributed by atoms with E-state index in [0.29, 0.717) is 19.0 Å². The summed E-state index contributed by atoms with van der Waals surface area (Å²) in [5, 5.41) is 8.17. The summed E-state index contributed by atoms with van der Waals surface area (Å²) in [5.74, 6) is 3.24. The van der Waals surface area contributed by atoms with Crippen LogP contribution in [0.15, 0.2) is 22.8 Å². The van der Waals surface area contributed by atoms with Gasteiger partial charge in [-0.05, 0) is 6.92 Å². The van der Waals surface area contributed by atoms with E-state index in [2.05, 4.69) is 26.5 Å². The largest absolute Gasteiger partial charge is 0.357 e. The van der Waals surface area contributed by atoms with Crippen molar-refractivity contribution in [1.82, 2.24) is 20.0 Å². The van der Waals surface area contributed by atoms with Gasteiger partial charge in [-0.1, -0.05) is 5.92 Å². The first kappa shape index (κ1) is 12.5. The molecule has 94 valence electrons. The highest BCUT2D eigenvalue weighted by molar-refractivity contribution is 7.15. The minimum atomic E-state index is 0.462. The van der Waals surface area contributed by atoms with Crippen LogP contribution in [0.1, 0.15) is 12.6 Å². The number of imidazole rings is 1. The molecule has 0 atom stereocenters. The minimum absolute atomic E-state index is 0.462. The summed E-state index contributed by atoms with van der Waals surface area (Å²) in [5.41, 5.74) is 0.944. The molecule has 0 bridgehead atoms. The number of hydrogen-bond donors (Lipinski definition) is 2. The van der Waals surface area contributed by atoms with Gasteiger partial charge in [0.15, 0.2) is 10.9 Å². The Balaban J connectivity index is 2.02. The Labute approximate surface area is 110 Å². The van der Waals surface area contributed by atoms with Crippen molar-refractivity contribution in [3.63, 3.8) is 0 Å². The number of nitrogens with one attached hydrogen (secondary N) is 2. The van der Waals surface area contributed by atoms with Gasteiger partial charge in [-0.3, -0.25) is 4.40 Å².